The Morgan fingerprint density at radius 1 is 1.83 bits per heavy atom. The van der Waals surface area contributed by atoms with Crippen LogP contribution in [0, 0.1) is 0 Å². The quantitative estimate of drug-likeness (QED) is 0.707. The minimum absolute atomic E-state index is 0.449. The average Bonchev–Trinajstić information content (AvgIpc) is 2.36. The van der Waals surface area contributed by atoms with Gasteiger partial charge in [-0.15, -0.1) is 0 Å². The zero-order valence-electron chi connectivity index (χ0n) is 6.89. The van der Waals surface area contributed by atoms with Crippen LogP contribution in [0.15, 0.2) is 12.3 Å². The first kappa shape index (κ1) is 8.58. The molecular weight excluding hydrogens is 160 g/mol. The minimum Gasteiger partial charge on any atom is -0.479 e. The van der Waals surface area contributed by atoms with Crippen molar-refractivity contribution in [3.05, 3.63) is 12.3 Å². The predicted octanol–water partition coefficient (Wildman–Crippen LogP) is 0.272. The van der Waals surface area contributed by atoms with Crippen molar-refractivity contribution < 1.29 is 14.6 Å². The van der Waals surface area contributed by atoms with Gasteiger partial charge in [-0.1, -0.05) is 0 Å². The van der Waals surface area contributed by atoms with Crippen molar-refractivity contribution >= 4 is 5.97 Å². The number of carboxylic acids is 1. The number of hydrogen-bond acceptors (Lipinski definition) is 3. The molecule has 0 radical (unpaired) electrons. The lowest BCUT2D eigenvalue weighted by Gasteiger charge is -2.09. The van der Waals surface area contributed by atoms with Gasteiger partial charge in [0, 0.05) is 13.1 Å². The number of carboxylic acid groups (broad SMARTS) is 1. The van der Waals surface area contributed by atoms with Crippen molar-refractivity contribution in [2.24, 2.45) is 7.05 Å². The summed E-state index contributed by atoms with van der Waals surface area (Å²) in [6.45, 7) is 1.47. The summed E-state index contributed by atoms with van der Waals surface area (Å²) in [4.78, 5) is 10.4. The molecule has 0 fully saturated rings. The molecule has 12 heavy (non-hydrogen) atoms. The second kappa shape index (κ2) is 3.25. The third-order valence-electron chi connectivity index (χ3n) is 1.42. The standard InChI is InChI=1S/C7H10N2O3/c1-5(7(10)11)12-6-3-4-8-9(6)2/h3-5H,1-2H3,(H,10,11). The molecule has 1 unspecified atom stereocenters. The van der Waals surface area contributed by atoms with Crippen LogP contribution in [0.3, 0.4) is 0 Å². The van der Waals surface area contributed by atoms with Crippen LogP contribution in [-0.4, -0.2) is 27.0 Å². The number of aryl methyl sites for hydroxylation is 1. The predicted molar refractivity (Wildman–Crippen MR) is 40.9 cm³/mol. The highest BCUT2D eigenvalue weighted by Crippen LogP contribution is 2.08. The van der Waals surface area contributed by atoms with Crippen LogP contribution in [0.1, 0.15) is 6.92 Å². The summed E-state index contributed by atoms with van der Waals surface area (Å²) in [6.07, 6.45) is 0.699. The lowest BCUT2D eigenvalue weighted by atomic mass is 10.4. The number of nitrogens with zero attached hydrogens (tertiary/aromatic N) is 2. The van der Waals surface area contributed by atoms with Gasteiger partial charge in [-0.05, 0) is 6.92 Å². The fourth-order valence-electron chi connectivity index (χ4n) is 0.709. The first-order valence-corrected chi connectivity index (χ1v) is 3.48. The Kier molecular flexibility index (Phi) is 2.32. The van der Waals surface area contributed by atoms with E-state index >= 15 is 0 Å². The fourth-order valence-corrected chi connectivity index (χ4v) is 0.709. The third kappa shape index (κ3) is 1.75. The Bertz CT molecular complexity index is 282. The summed E-state index contributed by atoms with van der Waals surface area (Å²) < 4.78 is 6.52. The Morgan fingerprint density at radius 3 is 2.92 bits per heavy atom. The molecule has 0 aliphatic heterocycles. The van der Waals surface area contributed by atoms with Crippen LogP contribution in [0.2, 0.25) is 0 Å². The average molecular weight is 170 g/mol. The number of rotatable bonds is 3. The van der Waals surface area contributed by atoms with Gasteiger partial charge in [0.15, 0.2) is 6.10 Å². The molecule has 1 aromatic heterocycles. The van der Waals surface area contributed by atoms with Crippen molar-refractivity contribution in [2.75, 3.05) is 0 Å². The molecule has 1 aromatic rings. The molecule has 5 heteroatoms. The number of hydrogen-bond donors (Lipinski definition) is 1. The van der Waals surface area contributed by atoms with Crippen LogP contribution in [0.4, 0.5) is 0 Å². The highest BCUT2D eigenvalue weighted by atomic mass is 16.5. The molecule has 0 amide bonds. The van der Waals surface area contributed by atoms with E-state index in [0.29, 0.717) is 5.88 Å². The van der Waals surface area contributed by atoms with E-state index in [4.69, 9.17) is 9.84 Å². The summed E-state index contributed by atoms with van der Waals surface area (Å²) in [5.41, 5.74) is 0. The van der Waals surface area contributed by atoms with E-state index in [2.05, 4.69) is 5.10 Å². The lowest BCUT2D eigenvalue weighted by Crippen LogP contribution is -2.23. The van der Waals surface area contributed by atoms with Crippen LogP contribution < -0.4 is 4.74 Å². The monoisotopic (exact) mass is 170 g/mol. The maximum absolute atomic E-state index is 10.4. The van der Waals surface area contributed by atoms with Gasteiger partial charge < -0.3 is 9.84 Å². The van der Waals surface area contributed by atoms with E-state index in [-0.39, 0.29) is 0 Å². The Morgan fingerprint density at radius 2 is 2.50 bits per heavy atom. The molecule has 0 spiro atoms. The van der Waals surface area contributed by atoms with E-state index in [1.54, 1.807) is 19.3 Å². The summed E-state index contributed by atoms with van der Waals surface area (Å²) in [6, 6.07) is 1.61. The summed E-state index contributed by atoms with van der Waals surface area (Å²) in [5.74, 6) is -0.541. The normalized spacial score (nSPS) is 12.5. The highest BCUT2D eigenvalue weighted by Gasteiger charge is 2.13. The first-order valence-electron chi connectivity index (χ1n) is 3.48. The SMILES string of the molecule is CC(Oc1ccnn1C)C(=O)O. The van der Waals surface area contributed by atoms with Crippen molar-refractivity contribution in [2.45, 2.75) is 13.0 Å². The van der Waals surface area contributed by atoms with Gasteiger partial charge in [0.1, 0.15) is 0 Å². The zero-order chi connectivity index (χ0) is 9.14. The van der Waals surface area contributed by atoms with Gasteiger partial charge in [0.2, 0.25) is 5.88 Å². The molecule has 0 aromatic carbocycles. The van der Waals surface area contributed by atoms with E-state index in [9.17, 15) is 4.79 Å². The Hall–Kier alpha value is -1.52. The number of aromatic nitrogens is 2. The van der Waals surface area contributed by atoms with E-state index in [1.807, 2.05) is 0 Å². The fraction of sp³-hybridized carbons (Fsp3) is 0.429. The topological polar surface area (TPSA) is 64.4 Å². The van der Waals surface area contributed by atoms with Gasteiger partial charge >= 0.3 is 5.97 Å². The highest BCUT2D eigenvalue weighted by molar-refractivity contribution is 5.72. The largest absolute Gasteiger partial charge is 0.479 e. The summed E-state index contributed by atoms with van der Waals surface area (Å²) >= 11 is 0. The molecule has 0 saturated heterocycles. The number of ether oxygens (including phenoxy) is 1. The number of carbonyl (C=O) groups is 1. The van der Waals surface area contributed by atoms with Crippen LogP contribution in [0.5, 0.6) is 5.88 Å². The van der Waals surface area contributed by atoms with Gasteiger partial charge in [0.25, 0.3) is 0 Å². The van der Waals surface area contributed by atoms with Gasteiger partial charge in [-0.3, -0.25) is 0 Å². The second-order valence-corrected chi connectivity index (χ2v) is 2.39. The molecule has 1 N–H and O–H groups in total. The molecule has 1 heterocycles. The molecule has 1 atom stereocenters. The van der Waals surface area contributed by atoms with E-state index in [1.165, 1.54) is 11.6 Å². The molecular formula is C7H10N2O3. The van der Waals surface area contributed by atoms with Crippen LogP contribution in [0.25, 0.3) is 0 Å². The van der Waals surface area contributed by atoms with Gasteiger partial charge in [0.05, 0.1) is 6.20 Å². The molecule has 0 aliphatic rings. The Labute approximate surface area is 69.6 Å². The maximum Gasteiger partial charge on any atom is 0.344 e. The second-order valence-electron chi connectivity index (χ2n) is 2.39. The lowest BCUT2D eigenvalue weighted by molar-refractivity contribution is -0.144. The third-order valence-corrected chi connectivity index (χ3v) is 1.42. The smallest absolute Gasteiger partial charge is 0.344 e. The molecule has 1 rings (SSSR count). The van der Waals surface area contributed by atoms with Crippen molar-refractivity contribution in [1.29, 1.82) is 0 Å². The molecule has 0 bridgehead atoms. The van der Waals surface area contributed by atoms with Crippen molar-refractivity contribution in [3.63, 3.8) is 0 Å². The van der Waals surface area contributed by atoms with Crippen molar-refractivity contribution in [1.82, 2.24) is 9.78 Å². The molecule has 0 saturated carbocycles. The number of aliphatic carboxylic acids is 1. The maximum atomic E-state index is 10.4. The molecule has 66 valence electrons. The zero-order valence-corrected chi connectivity index (χ0v) is 6.89. The van der Waals surface area contributed by atoms with Gasteiger partial charge in [-0.25, -0.2) is 9.48 Å². The van der Waals surface area contributed by atoms with Crippen LogP contribution >= 0.6 is 0 Å². The molecule has 5 nitrogen and oxygen atoms in total. The first-order chi connectivity index (χ1) is 5.61. The minimum atomic E-state index is -0.990. The van der Waals surface area contributed by atoms with E-state index in [0.717, 1.165) is 0 Å². The van der Waals surface area contributed by atoms with Crippen molar-refractivity contribution in [3.8, 4) is 5.88 Å². The Balaban J connectivity index is 2.64. The molecule has 0 aliphatic carbocycles. The van der Waals surface area contributed by atoms with Crippen LogP contribution in [-0.2, 0) is 11.8 Å². The summed E-state index contributed by atoms with van der Waals surface area (Å²) in [5, 5.41) is 12.3. The van der Waals surface area contributed by atoms with Gasteiger partial charge in [-0.2, -0.15) is 5.10 Å². The van der Waals surface area contributed by atoms with E-state index < -0.39 is 12.1 Å². The summed E-state index contributed by atoms with van der Waals surface area (Å²) in [7, 11) is 1.68.